The Balaban J connectivity index is 1.74. The highest BCUT2D eigenvalue weighted by Crippen LogP contribution is 2.51. The number of esters is 2. The second kappa shape index (κ2) is 12.0. The zero-order valence-corrected chi connectivity index (χ0v) is 23.5. The van der Waals surface area contributed by atoms with E-state index in [9.17, 15) is 9.59 Å². The van der Waals surface area contributed by atoms with Gasteiger partial charge in [-0.05, 0) is 43.2 Å². The van der Waals surface area contributed by atoms with E-state index < -0.39 is 23.9 Å². The molecule has 210 valence electrons. The number of ether oxygens (including phenoxy) is 3. The number of rotatable bonds is 7. The summed E-state index contributed by atoms with van der Waals surface area (Å²) < 4.78 is 16.7. The van der Waals surface area contributed by atoms with Crippen LogP contribution in [0.3, 0.4) is 0 Å². The van der Waals surface area contributed by atoms with Crippen LogP contribution in [-0.4, -0.2) is 81.3 Å². The van der Waals surface area contributed by atoms with Crippen LogP contribution in [-0.2, 0) is 23.8 Å². The van der Waals surface area contributed by atoms with E-state index in [0.717, 1.165) is 28.2 Å². The second-order valence-corrected chi connectivity index (χ2v) is 9.97. The number of benzene rings is 2. The molecule has 0 spiro atoms. The van der Waals surface area contributed by atoms with Crippen molar-refractivity contribution in [1.82, 2.24) is 9.91 Å². The molecule has 9 heteroatoms. The number of nitrogens with zero attached hydrogens (tertiary/aromatic N) is 4. The summed E-state index contributed by atoms with van der Waals surface area (Å²) in [4.78, 5) is 31.6. The number of carbonyl (C=O) groups excluding carboxylic acids is 2. The first kappa shape index (κ1) is 27.5. The number of morpholine rings is 1. The van der Waals surface area contributed by atoms with Gasteiger partial charge in [0, 0.05) is 38.4 Å². The third-order valence-corrected chi connectivity index (χ3v) is 7.32. The third-order valence-electron chi connectivity index (χ3n) is 7.32. The van der Waals surface area contributed by atoms with Gasteiger partial charge in [-0.3, -0.25) is 9.80 Å². The maximum Gasteiger partial charge on any atom is 0.337 e. The molecular weight excluding hydrogens is 508 g/mol. The fourth-order valence-electron chi connectivity index (χ4n) is 5.43. The van der Waals surface area contributed by atoms with Crippen molar-refractivity contribution in [3.63, 3.8) is 0 Å². The van der Waals surface area contributed by atoms with Crippen LogP contribution in [0.15, 0.2) is 77.0 Å². The normalized spacial score (nSPS) is 20.5. The summed E-state index contributed by atoms with van der Waals surface area (Å²) >= 11 is 0. The lowest BCUT2D eigenvalue weighted by molar-refractivity contribution is -0.151. The molecule has 2 atom stereocenters. The molecule has 3 aliphatic rings. The summed E-state index contributed by atoms with van der Waals surface area (Å²) in [6.07, 6.45) is 2.01. The lowest BCUT2D eigenvalue weighted by atomic mass is 9.88. The molecule has 0 radical (unpaired) electrons. The summed E-state index contributed by atoms with van der Waals surface area (Å²) in [5, 5.41) is 6.94. The standard InChI is InChI=1S/C31H36N4O5/c1-5-39-30(36)26-27(31(37)40-6-2)29-24(21-10-8-7-9-11-21)20-25(34-16-18-38-19-17-34)32-35(29)28(26)22-12-14-23(15-13-22)33(3)4/h7-15,20,26,28H,5-6,16-19H2,1-4H3. The van der Waals surface area contributed by atoms with Crippen molar-refractivity contribution < 1.29 is 23.8 Å². The van der Waals surface area contributed by atoms with Gasteiger partial charge in [0.2, 0.25) is 0 Å². The SMILES string of the molecule is CCOC(=O)C1=C2C(c3ccccc3)=CC(N3CCOCC3)=NN2C(c2ccc(N(C)C)cc2)C1C(=O)OCC. The Morgan fingerprint density at radius 2 is 1.65 bits per heavy atom. The van der Waals surface area contributed by atoms with Crippen LogP contribution < -0.4 is 4.90 Å². The molecule has 0 bridgehead atoms. The first-order valence-electron chi connectivity index (χ1n) is 13.8. The van der Waals surface area contributed by atoms with E-state index in [4.69, 9.17) is 19.3 Å². The van der Waals surface area contributed by atoms with Gasteiger partial charge in [0.25, 0.3) is 0 Å². The van der Waals surface area contributed by atoms with Crippen molar-refractivity contribution in [2.45, 2.75) is 19.9 Å². The number of allylic oxidation sites excluding steroid dienone is 1. The zero-order valence-electron chi connectivity index (χ0n) is 23.5. The van der Waals surface area contributed by atoms with Crippen molar-refractivity contribution in [3.8, 4) is 0 Å². The summed E-state index contributed by atoms with van der Waals surface area (Å²) in [6.45, 7) is 6.49. The Labute approximate surface area is 235 Å². The quantitative estimate of drug-likeness (QED) is 0.486. The van der Waals surface area contributed by atoms with Crippen molar-refractivity contribution in [2.24, 2.45) is 11.0 Å². The van der Waals surface area contributed by atoms with E-state index in [1.807, 2.05) is 84.7 Å². The monoisotopic (exact) mass is 544 g/mol. The Morgan fingerprint density at radius 3 is 2.27 bits per heavy atom. The topological polar surface area (TPSA) is 83.9 Å². The second-order valence-electron chi connectivity index (χ2n) is 9.97. The molecule has 5 rings (SSSR count). The Kier molecular flexibility index (Phi) is 8.21. The smallest absolute Gasteiger partial charge is 0.337 e. The fourth-order valence-corrected chi connectivity index (χ4v) is 5.43. The number of hydrazone groups is 1. The van der Waals surface area contributed by atoms with Crippen molar-refractivity contribution in [1.29, 1.82) is 0 Å². The first-order valence-corrected chi connectivity index (χ1v) is 13.8. The number of hydrogen-bond donors (Lipinski definition) is 0. The lowest BCUT2D eigenvalue weighted by Crippen LogP contribution is -2.42. The molecule has 0 amide bonds. The van der Waals surface area contributed by atoms with Gasteiger partial charge in [0.15, 0.2) is 0 Å². The maximum atomic E-state index is 13.7. The Bertz CT molecular complexity index is 1330. The van der Waals surface area contributed by atoms with E-state index in [1.54, 1.807) is 13.8 Å². The van der Waals surface area contributed by atoms with E-state index in [0.29, 0.717) is 32.0 Å². The molecule has 3 aliphatic heterocycles. The minimum atomic E-state index is -0.931. The highest BCUT2D eigenvalue weighted by atomic mass is 16.5. The average Bonchev–Trinajstić information content (AvgIpc) is 3.33. The largest absolute Gasteiger partial charge is 0.465 e. The number of hydrogen-bond acceptors (Lipinski definition) is 9. The zero-order chi connectivity index (χ0) is 28.2. The van der Waals surface area contributed by atoms with Gasteiger partial charge in [-0.15, -0.1) is 0 Å². The highest BCUT2D eigenvalue weighted by Gasteiger charge is 2.52. The molecule has 0 N–H and O–H groups in total. The predicted octanol–water partition coefficient (Wildman–Crippen LogP) is 3.85. The molecule has 2 unspecified atom stereocenters. The van der Waals surface area contributed by atoms with Crippen LogP contribution >= 0.6 is 0 Å². The molecule has 1 saturated heterocycles. The van der Waals surface area contributed by atoms with Crippen LogP contribution in [0.1, 0.15) is 31.0 Å². The van der Waals surface area contributed by atoms with Gasteiger partial charge >= 0.3 is 11.9 Å². The molecule has 9 nitrogen and oxygen atoms in total. The van der Waals surface area contributed by atoms with Crippen LogP contribution in [0.4, 0.5) is 5.69 Å². The molecule has 1 fully saturated rings. The molecule has 2 aromatic carbocycles. The lowest BCUT2D eigenvalue weighted by Gasteiger charge is -2.36. The summed E-state index contributed by atoms with van der Waals surface area (Å²) in [5.74, 6) is -1.20. The summed E-state index contributed by atoms with van der Waals surface area (Å²) in [7, 11) is 3.95. The van der Waals surface area contributed by atoms with Gasteiger partial charge in [0.1, 0.15) is 11.8 Å². The molecular formula is C31H36N4O5. The molecule has 40 heavy (non-hydrogen) atoms. The van der Waals surface area contributed by atoms with Gasteiger partial charge in [-0.25, -0.2) is 4.79 Å². The van der Waals surface area contributed by atoms with E-state index >= 15 is 0 Å². The minimum Gasteiger partial charge on any atom is -0.465 e. The van der Waals surface area contributed by atoms with Gasteiger partial charge in [0.05, 0.1) is 43.7 Å². The van der Waals surface area contributed by atoms with Crippen LogP contribution in [0.5, 0.6) is 0 Å². The number of carbonyl (C=O) groups is 2. The molecule has 0 saturated carbocycles. The summed E-state index contributed by atoms with van der Waals surface area (Å²) in [5.41, 5.74) is 4.43. The number of anilines is 1. The van der Waals surface area contributed by atoms with Crippen molar-refractivity contribution in [2.75, 3.05) is 58.5 Å². The number of amidine groups is 1. The van der Waals surface area contributed by atoms with Crippen LogP contribution in [0, 0.1) is 5.92 Å². The van der Waals surface area contributed by atoms with Gasteiger partial charge in [-0.2, -0.15) is 5.10 Å². The molecule has 2 aromatic rings. The molecule has 0 aromatic heterocycles. The first-order chi connectivity index (χ1) is 19.4. The third kappa shape index (κ3) is 5.21. The van der Waals surface area contributed by atoms with Crippen LogP contribution in [0.25, 0.3) is 5.57 Å². The minimum absolute atomic E-state index is 0.181. The number of fused-ring (bicyclic) bond motifs is 1. The Hall–Kier alpha value is -4.11. The highest BCUT2D eigenvalue weighted by molar-refractivity contribution is 6.08. The van der Waals surface area contributed by atoms with Gasteiger partial charge in [-0.1, -0.05) is 42.5 Å². The van der Waals surface area contributed by atoms with E-state index in [2.05, 4.69) is 4.90 Å². The van der Waals surface area contributed by atoms with Crippen molar-refractivity contribution >= 4 is 29.0 Å². The molecule has 0 aliphatic carbocycles. The summed E-state index contributed by atoms with van der Waals surface area (Å²) in [6, 6.07) is 17.3. The predicted molar refractivity (Wildman–Crippen MR) is 153 cm³/mol. The fraction of sp³-hybridized carbons (Fsp3) is 0.387. The maximum absolute atomic E-state index is 13.7. The van der Waals surface area contributed by atoms with Gasteiger partial charge < -0.3 is 24.0 Å². The average molecular weight is 545 g/mol. The van der Waals surface area contributed by atoms with Crippen LogP contribution in [0.2, 0.25) is 0 Å². The Morgan fingerprint density at radius 1 is 0.975 bits per heavy atom. The van der Waals surface area contributed by atoms with Crippen molar-refractivity contribution in [3.05, 3.63) is 83.1 Å². The molecule has 3 heterocycles. The van der Waals surface area contributed by atoms with E-state index in [1.165, 1.54) is 0 Å². The van der Waals surface area contributed by atoms with E-state index in [-0.39, 0.29) is 18.8 Å².